The number of hydrogen-bond donors (Lipinski definition) is 1. The van der Waals surface area contributed by atoms with Crippen LogP contribution in [0.15, 0.2) is 41.5 Å². The van der Waals surface area contributed by atoms with Crippen molar-refractivity contribution < 1.29 is 9.53 Å². The number of pyridine rings is 1. The molecular weight excluding hydrogens is 346 g/mol. The molecule has 27 heavy (non-hydrogen) atoms. The third kappa shape index (κ3) is 5.97. The normalized spacial score (nSPS) is 14.8. The van der Waals surface area contributed by atoms with Gasteiger partial charge in [0.2, 0.25) is 5.91 Å². The fourth-order valence-corrected chi connectivity index (χ4v) is 2.93. The van der Waals surface area contributed by atoms with E-state index in [1.54, 1.807) is 18.5 Å². The molecule has 8 heteroatoms. The summed E-state index contributed by atoms with van der Waals surface area (Å²) in [6.07, 6.45) is 4.33. The lowest BCUT2D eigenvalue weighted by molar-refractivity contribution is -0.121. The average molecular weight is 371 g/mol. The Bertz CT molecular complexity index is 787. The van der Waals surface area contributed by atoms with Crippen LogP contribution in [0.3, 0.4) is 0 Å². The van der Waals surface area contributed by atoms with Crippen LogP contribution >= 0.6 is 0 Å². The summed E-state index contributed by atoms with van der Waals surface area (Å²) in [5.74, 6) is -0.000257. The van der Waals surface area contributed by atoms with E-state index in [1.807, 2.05) is 12.1 Å². The Morgan fingerprint density at radius 3 is 2.81 bits per heavy atom. The molecule has 0 aliphatic carbocycles. The molecule has 2 aromatic rings. The van der Waals surface area contributed by atoms with Crippen molar-refractivity contribution in [3.8, 4) is 11.3 Å². The van der Waals surface area contributed by atoms with Crippen LogP contribution in [0.2, 0.25) is 0 Å². The Hall–Kier alpha value is -2.58. The lowest BCUT2D eigenvalue weighted by atomic mass is 10.2. The van der Waals surface area contributed by atoms with Gasteiger partial charge in [0.05, 0.1) is 18.9 Å². The Morgan fingerprint density at radius 1 is 1.19 bits per heavy atom. The molecule has 0 radical (unpaired) electrons. The highest BCUT2D eigenvalue weighted by Crippen LogP contribution is 2.12. The standard InChI is InChI=1S/C19H25N5O3/c25-18(21-8-10-23-11-13-27-14-12-23)4-2-9-24-19(26)6-5-17(22-24)16-3-1-7-20-15-16/h1,3,5-7,15H,2,4,8-14H2,(H,21,25). The van der Waals surface area contributed by atoms with E-state index >= 15 is 0 Å². The lowest BCUT2D eigenvalue weighted by Gasteiger charge is -2.26. The third-order valence-corrected chi connectivity index (χ3v) is 4.45. The molecule has 3 heterocycles. The number of carbonyl (C=O) groups excluding carboxylic acids is 1. The van der Waals surface area contributed by atoms with Gasteiger partial charge in [-0.15, -0.1) is 0 Å². The van der Waals surface area contributed by atoms with Gasteiger partial charge in [-0.1, -0.05) is 0 Å². The fraction of sp³-hybridized carbons (Fsp3) is 0.474. The molecule has 1 aliphatic rings. The minimum atomic E-state index is -0.171. The van der Waals surface area contributed by atoms with Gasteiger partial charge in [0.25, 0.3) is 5.56 Å². The van der Waals surface area contributed by atoms with E-state index in [-0.39, 0.29) is 11.5 Å². The zero-order valence-corrected chi connectivity index (χ0v) is 15.3. The fourth-order valence-electron chi connectivity index (χ4n) is 2.93. The SMILES string of the molecule is O=C(CCCn1nc(-c2cccnc2)ccc1=O)NCCN1CCOCC1. The Labute approximate surface area is 158 Å². The minimum absolute atomic E-state index is 0.000257. The topological polar surface area (TPSA) is 89.3 Å². The maximum atomic E-state index is 12.0. The molecule has 0 atom stereocenters. The van der Waals surface area contributed by atoms with E-state index < -0.39 is 0 Å². The first-order valence-electron chi connectivity index (χ1n) is 9.28. The summed E-state index contributed by atoms with van der Waals surface area (Å²) in [4.78, 5) is 30.3. The summed E-state index contributed by atoms with van der Waals surface area (Å²) < 4.78 is 6.71. The Morgan fingerprint density at radius 2 is 2.04 bits per heavy atom. The van der Waals surface area contributed by atoms with Crippen molar-refractivity contribution >= 4 is 5.91 Å². The van der Waals surface area contributed by atoms with Gasteiger partial charge in [-0.25, -0.2) is 4.68 Å². The maximum Gasteiger partial charge on any atom is 0.266 e. The van der Waals surface area contributed by atoms with E-state index in [0.717, 1.165) is 38.4 Å². The zero-order chi connectivity index (χ0) is 18.9. The number of carbonyl (C=O) groups is 1. The van der Waals surface area contributed by atoms with E-state index in [9.17, 15) is 9.59 Å². The minimum Gasteiger partial charge on any atom is -0.379 e. The van der Waals surface area contributed by atoms with Gasteiger partial charge < -0.3 is 10.1 Å². The van der Waals surface area contributed by atoms with Crippen molar-refractivity contribution in [1.82, 2.24) is 25.0 Å². The molecule has 1 fully saturated rings. The molecule has 1 N–H and O–H groups in total. The molecule has 0 bridgehead atoms. The number of aryl methyl sites for hydroxylation is 1. The Kier molecular flexibility index (Phi) is 7.06. The van der Waals surface area contributed by atoms with Gasteiger partial charge in [0.15, 0.2) is 0 Å². The molecular formula is C19H25N5O3. The highest BCUT2D eigenvalue weighted by Gasteiger charge is 2.10. The highest BCUT2D eigenvalue weighted by atomic mass is 16.5. The van der Waals surface area contributed by atoms with Crippen molar-refractivity contribution in [3.05, 3.63) is 47.0 Å². The number of nitrogens with zero attached hydrogens (tertiary/aromatic N) is 4. The van der Waals surface area contributed by atoms with Crippen LogP contribution in [0.5, 0.6) is 0 Å². The first-order chi connectivity index (χ1) is 13.2. The first-order valence-corrected chi connectivity index (χ1v) is 9.28. The van der Waals surface area contributed by atoms with Gasteiger partial charge in [-0.05, 0) is 24.6 Å². The summed E-state index contributed by atoms with van der Waals surface area (Å²) in [6, 6.07) is 6.91. The quantitative estimate of drug-likeness (QED) is 0.728. The summed E-state index contributed by atoms with van der Waals surface area (Å²) in [5, 5.41) is 7.31. The van der Waals surface area contributed by atoms with Crippen molar-refractivity contribution in [1.29, 1.82) is 0 Å². The molecule has 8 nitrogen and oxygen atoms in total. The molecule has 0 aromatic carbocycles. The maximum absolute atomic E-state index is 12.0. The van der Waals surface area contributed by atoms with Crippen molar-refractivity contribution in [2.75, 3.05) is 39.4 Å². The van der Waals surface area contributed by atoms with Crippen molar-refractivity contribution in [3.63, 3.8) is 0 Å². The molecule has 2 aromatic heterocycles. The monoisotopic (exact) mass is 371 g/mol. The molecule has 0 saturated carbocycles. The summed E-state index contributed by atoms with van der Waals surface area (Å²) in [6.45, 7) is 5.22. The van der Waals surface area contributed by atoms with Gasteiger partial charge in [-0.2, -0.15) is 5.10 Å². The van der Waals surface area contributed by atoms with Gasteiger partial charge in [-0.3, -0.25) is 19.5 Å². The number of hydrogen-bond acceptors (Lipinski definition) is 6. The van der Waals surface area contributed by atoms with Crippen LogP contribution in [0.1, 0.15) is 12.8 Å². The molecule has 144 valence electrons. The second-order valence-corrected chi connectivity index (χ2v) is 6.43. The summed E-state index contributed by atoms with van der Waals surface area (Å²) in [7, 11) is 0. The number of morpholine rings is 1. The highest BCUT2D eigenvalue weighted by molar-refractivity contribution is 5.75. The van der Waals surface area contributed by atoms with Crippen LogP contribution < -0.4 is 10.9 Å². The number of aromatic nitrogens is 3. The number of nitrogens with one attached hydrogen (secondary N) is 1. The largest absolute Gasteiger partial charge is 0.379 e. The second kappa shape index (κ2) is 9.94. The van der Waals surface area contributed by atoms with E-state index in [0.29, 0.717) is 31.6 Å². The summed E-state index contributed by atoms with van der Waals surface area (Å²) in [5.41, 5.74) is 1.38. The number of ether oxygens (including phenoxy) is 1. The zero-order valence-electron chi connectivity index (χ0n) is 15.3. The van der Waals surface area contributed by atoms with Gasteiger partial charge >= 0.3 is 0 Å². The van der Waals surface area contributed by atoms with Crippen LogP contribution in [0.25, 0.3) is 11.3 Å². The second-order valence-electron chi connectivity index (χ2n) is 6.43. The molecule has 0 unspecified atom stereocenters. The molecule has 1 aliphatic heterocycles. The predicted molar refractivity (Wildman–Crippen MR) is 101 cm³/mol. The smallest absolute Gasteiger partial charge is 0.266 e. The molecule has 0 spiro atoms. The van der Waals surface area contributed by atoms with Gasteiger partial charge in [0.1, 0.15) is 0 Å². The molecule has 1 amide bonds. The van der Waals surface area contributed by atoms with E-state index in [2.05, 4.69) is 20.3 Å². The van der Waals surface area contributed by atoms with Crippen LogP contribution in [0, 0.1) is 0 Å². The average Bonchev–Trinajstić information content (AvgIpc) is 2.71. The molecule has 3 rings (SSSR count). The third-order valence-electron chi connectivity index (χ3n) is 4.45. The number of rotatable bonds is 8. The van der Waals surface area contributed by atoms with Crippen LogP contribution in [-0.2, 0) is 16.1 Å². The summed E-state index contributed by atoms with van der Waals surface area (Å²) >= 11 is 0. The van der Waals surface area contributed by atoms with Crippen LogP contribution in [0.4, 0.5) is 0 Å². The van der Waals surface area contributed by atoms with Crippen molar-refractivity contribution in [2.24, 2.45) is 0 Å². The van der Waals surface area contributed by atoms with Crippen molar-refractivity contribution in [2.45, 2.75) is 19.4 Å². The Balaban J connectivity index is 1.43. The van der Waals surface area contributed by atoms with Gasteiger partial charge in [0, 0.05) is 63.2 Å². The van der Waals surface area contributed by atoms with Crippen LogP contribution in [-0.4, -0.2) is 65.0 Å². The number of amides is 1. The first kappa shape index (κ1) is 19.2. The lowest BCUT2D eigenvalue weighted by Crippen LogP contribution is -2.41. The molecule has 1 saturated heterocycles. The van der Waals surface area contributed by atoms with E-state index in [1.165, 1.54) is 10.7 Å². The van der Waals surface area contributed by atoms with E-state index in [4.69, 9.17) is 4.74 Å². The predicted octanol–water partition coefficient (Wildman–Crippen LogP) is 0.534.